The largest absolute Gasteiger partial charge is 0.508 e. The van der Waals surface area contributed by atoms with E-state index in [1.807, 2.05) is 0 Å². The average Bonchev–Trinajstić information content (AvgIpc) is 3.24. The summed E-state index contributed by atoms with van der Waals surface area (Å²) in [7, 11) is 2.93. The first-order valence-electron chi connectivity index (χ1n) is 19.1. The number of hydrogen-bond acceptors (Lipinski definition) is 12. The van der Waals surface area contributed by atoms with Gasteiger partial charge in [0.05, 0.1) is 11.5 Å². The molecule has 0 bridgehead atoms. The molecule has 0 saturated heterocycles. The second-order valence-electron chi connectivity index (χ2n) is 14.3. The molecule has 16 heteroatoms. The Labute approximate surface area is 358 Å². The van der Waals surface area contributed by atoms with Gasteiger partial charge in [0.1, 0.15) is 34.2 Å². The number of phenolic OH excluding ortho intramolecular Hbond substituents is 2. The van der Waals surface area contributed by atoms with Crippen molar-refractivity contribution >= 4 is 72.9 Å². The Bertz CT molecular complexity index is 3100. The zero-order chi connectivity index (χ0) is 43.7. The summed E-state index contributed by atoms with van der Waals surface area (Å²) in [6.45, 7) is 0.563. The number of nitrogens with one attached hydrogen (secondary N) is 2. The zero-order valence-electron chi connectivity index (χ0n) is 32.3. The van der Waals surface area contributed by atoms with E-state index in [-0.39, 0.29) is 86.8 Å². The van der Waals surface area contributed by atoms with E-state index in [1.165, 1.54) is 94.4 Å². The lowest BCUT2D eigenvalue weighted by Gasteiger charge is -2.25. The molecule has 0 aromatic heterocycles. The van der Waals surface area contributed by atoms with Crippen LogP contribution >= 0.6 is 21.6 Å². The number of carbonyl (C=O) groups excluding carboxylic acids is 2. The summed E-state index contributed by atoms with van der Waals surface area (Å²) in [4.78, 5) is 75.8. The molecule has 1 unspecified atom stereocenters. The van der Waals surface area contributed by atoms with Crippen LogP contribution in [0.4, 0.5) is 0 Å². The number of aliphatic carboxylic acids is 1. The van der Waals surface area contributed by atoms with E-state index in [1.54, 1.807) is 30.4 Å². The molecule has 2 aliphatic heterocycles. The Hall–Kier alpha value is -7.30. The second-order valence-corrected chi connectivity index (χ2v) is 17.0. The maximum atomic E-state index is 13.3. The number of rotatable bonds is 13. The number of carboxylic acid groups (broad SMARTS) is 2. The Morgan fingerprint density at radius 3 is 1.77 bits per heavy atom. The van der Waals surface area contributed by atoms with Gasteiger partial charge in [0, 0.05) is 93.0 Å². The minimum atomic E-state index is -1.23. The summed E-state index contributed by atoms with van der Waals surface area (Å²) in [6.07, 6.45) is 3.11. The van der Waals surface area contributed by atoms with Gasteiger partial charge in [0.15, 0.2) is 10.9 Å². The van der Waals surface area contributed by atoms with Gasteiger partial charge in [-0.05, 0) is 84.3 Å². The van der Waals surface area contributed by atoms with Crippen LogP contribution in [0.15, 0.2) is 127 Å². The number of amides is 2. The first-order chi connectivity index (χ1) is 29.9. The lowest BCUT2D eigenvalue weighted by Crippen LogP contribution is -2.30. The summed E-state index contributed by atoms with van der Waals surface area (Å²) in [5, 5.41) is 47.3. The monoisotopic (exact) mass is 870 g/mol. The molecule has 1 atom stereocenters. The number of fused-ring (bicyclic) bond motifs is 4. The van der Waals surface area contributed by atoms with Crippen molar-refractivity contribution in [2.45, 2.75) is 6.42 Å². The van der Waals surface area contributed by atoms with Crippen molar-refractivity contribution < 1.29 is 48.4 Å². The molecule has 62 heavy (non-hydrogen) atoms. The molecule has 5 aliphatic rings. The molecule has 3 aromatic rings. The third-order valence-corrected chi connectivity index (χ3v) is 12.7. The molecule has 3 aromatic carbocycles. The van der Waals surface area contributed by atoms with Gasteiger partial charge in [-0.25, -0.2) is 4.79 Å². The Kier molecular flexibility index (Phi) is 11.6. The highest BCUT2D eigenvalue weighted by molar-refractivity contribution is 8.76. The number of carboxylic acids is 2. The zero-order valence-corrected chi connectivity index (χ0v) is 33.9. The smallest absolute Gasteiger partial charge is 0.336 e. The van der Waals surface area contributed by atoms with Gasteiger partial charge in [-0.15, -0.1) is 0 Å². The highest BCUT2D eigenvalue weighted by Gasteiger charge is 2.33. The predicted molar refractivity (Wildman–Crippen MR) is 236 cm³/mol. The van der Waals surface area contributed by atoms with Crippen LogP contribution in [0, 0.1) is 5.92 Å². The van der Waals surface area contributed by atoms with Gasteiger partial charge in [0.2, 0.25) is 5.91 Å². The van der Waals surface area contributed by atoms with Gasteiger partial charge < -0.3 is 39.9 Å². The molecule has 2 heterocycles. The van der Waals surface area contributed by atoms with Gasteiger partial charge in [-0.3, -0.25) is 24.0 Å². The summed E-state index contributed by atoms with van der Waals surface area (Å²) in [5.74, 6) is -3.01. The van der Waals surface area contributed by atoms with Crippen LogP contribution in [0.25, 0.3) is 61.3 Å². The number of phenols is 2. The molecule has 14 nitrogen and oxygen atoms in total. The van der Waals surface area contributed by atoms with E-state index in [0.29, 0.717) is 50.1 Å². The lowest BCUT2D eigenvalue weighted by atomic mass is 9.80. The fourth-order valence-corrected chi connectivity index (χ4v) is 9.31. The normalized spacial score (nSPS) is 13.8. The second kappa shape index (κ2) is 17.4. The number of carbonyl (C=O) groups is 4. The Balaban J connectivity index is 0.882. The van der Waals surface area contributed by atoms with Crippen molar-refractivity contribution in [3.8, 4) is 45.3 Å². The standard InChI is InChI=1S/C46H34N2O12S2/c49-25-3-9-31-37(19-25)59-38-20-26(50)4-10-32(38)41(31)29-7-1-24(18-36(29)46(57)58)44(54)48-14-16-62-61-15-13-47-43(53)23-2-8-30(45(55)56)35(17-23)42-33-11-5-27(51)21-39(33)60-40-22-28(52)6-12-34(40)42/h1-12,17,19-22,36,49,51H,13-16,18H2,(H,47,53)(H,48,54)(H,55,56)(H,57,58). The quantitative estimate of drug-likeness (QED) is 0.0381. The third-order valence-electron chi connectivity index (χ3n) is 10.3. The topological polar surface area (TPSA) is 234 Å². The van der Waals surface area contributed by atoms with E-state index in [2.05, 4.69) is 10.6 Å². The minimum absolute atomic E-state index is 0.0623. The number of aromatic hydroxyl groups is 2. The van der Waals surface area contributed by atoms with Crippen molar-refractivity contribution in [3.05, 3.63) is 146 Å². The predicted octanol–water partition coefficient (Wildman–Crippen LogP) is 7.23. The summed E-state index contributed by atoms with van der Waals surface area (Å²) in [5.41, 5.74) is 2.85. The van der Waals surface area contributed by atoms with Crippen LogP contribution in [0.3, 0.4) is 0 Å². The van der Waals surface area contributed by atoms with E-state index in [0.717, 1.165) is 0 Å². The van der Waals surface area contributed by atoms with Crippen LogP contribution in [0.2, 0.25) is 0 Å². The number of benzene rings is 5. The van der Waals surface area contributed by atoms with Crippen molar-refractivity contribution in [1.29, 1.82) is 0 Å². The molecular formula is C46H34N2O12S2. The van der Waals surface area contributed by atoms with Gasteiger partial charge >= 0.3 is 11.9 Å². The van der Waals surface area contributed by atoms with E-state index < -0.39 is 29.7 Å². The molecule has 6 N–H and O–H groups in total. The van der Waals surface area contributed by atoms with Crippen LogP contribution in [-0.2, 0) is 9.59 Å². The first kappa shape index (κ1) is 41.4. The SMILES string of the molecule is O=C(NCCSSCCNC(=O)c1ccc(C(=O)O)c(-c2c3ccc(=O)cc-3oc3cc(O)ccc23)c1)C1=CC=C(c2c3ccc(=O)cc-3oc3cc(O)ccc23)C(C(=O)O)C1. The van der Waals surface area contributed by atoms with Gasteiger partial charge in [0.25, 0.3) is 5.91 Å². The summed E-state index contributed by atoms with van der Waals surface area (Å²) in [6, 6.07) is 21.5. The van der Waals surface area contributed by atoms with Crippen LogP contribution in [0.1, 0.15) is 32.7 Å². The number of allylic oxidation sites excluding steroid dienone is 2. The molecule has 8 rings (SSSR count). The fourth-order valence-electron chi connectivity index (χ4n) is 7.50. The lowest BCUT2D eigenvalue weighted by molar-refractivity contribution is -0.139. The van der Waals surface area contributed by atoms with Crippen LogP contribution < -0.4 is 21.5 Å². The molecule has 0 fully saturated rings. The molecule has 312 valence electrons. The molecule has 2 amide bonds. The van der Waals surface area contributed by atoms with Gasteiger partial charge in [-0.2, -0.15) is 0 Å². The fraction of sp³-hybridized carbons (Fsp3) is 0.130. The number of hydrogen-bond donors (Lipinski definition) is 6. The van der Waals surface area contributed by atoms with Crippen molar-refractivity contribution in [1.82, 2.24) is 10.6 Å². The molecular weight excluding hydrogens is 837 g/mol. The number of aromatic carboxylic acids is 1. The Morgan fingerprint density at radius 2 is 1.19 bits per heavy atom. The maximum Gasteiger partial charge on any atom is 0.336 e. The van der Waals surface area contributed by atoms with E-state index in [9.17, 15) is 49.2 Å². The highest BCUT2D eigenvalue weighted by atomic mass is 33.1. The first-order valence-corrected chi connectivity index (χ1v) is 21.6. The van der Waals surface area contributed by atoms with Crippen molar-refractivity contribution in [2.24, 2.45) is 5.92 Å². The molecule has 0 radical (unpaired) electrons. The van der Waals surface area contributed by atoms with Crippen LogP contribution in [0.5, 0.6) is 11.5 Å². The van der Waals surface area contributed by atoms with E-state index >= 15 is 0 Å². The van der Waals surface area contributed by atoms with Crippen molar-refractivity contribution in [2.75, 3.05) is 24.6 Å². The molecule has 0 spiro atoms. The minimum Gasteiger partial charge on any atom is -0.508 e. The summed E-state index contributed by atoms with van der Waals surface area (Å²) >= 11 is 0. The van der Waals surface area contributed by atoms with Gasteiger partial charge in [-0.1, -0.05) is 33.7 Å². The summed E-state index contributed by atoms with van der Waals surface area (Å²) < 4.78 is 11.8. The van der Waals surface area contributed by atoms with Crippen LogP contribution in [-0.4, -0.2) is 68.8 Å². The average molecular weight is 871 g/mol. The van der Waals surface area contributed by atoms with E-state index in [4.69, 9.17) is 8.83 Å². The highest BCUT2D eigenvalue weighted by Crippen LogP contribution is 2.44. The van der Waals surface area contributed by atoms with Crippen molar-refractivity contribution in [3.63, 3.8) is 0 Å². The Morgan fingerprint density at radius 1 is 0.629 bits per heavy atom. The maximum absolute atomic E-state index is 13.3. The molecule has 3 aliphatic carbocycles. The third kappa shape index (κ3) is 8.37. The molecule has 0 saturated carbocycles.